The number of benzene rings is 1. The Morgan fingerprint density at radius 2 is 1.93 bits per heavy atom. The smallest absolute Gasteiger partial charge is 0.319 e. The average molecular weight is 405 g/mol. The van der Waals surface area contributed by atoms with Gasteiger partial charge in [-0.15, -0.1) is 0 Å². The maximum Gasteiger partial charge on any atom is 0.319 e. The number of carbonyl (C=O) groups excluding carboxylic acids is 2. The average Bonchev–Trinajstić information content (AvgIpc) is 2.81. The molecule has 1 amide bonds. The number of fused-ring (bicyclic) bond motifs is 1. The maximum atomic E-state index is 13.4. The molecule has 1 saturated heterocycles. The molecule has 0 spiro atoms. The van der Waals surface area contributed by atoms with Gasteiger partial charge in [0.05, 0.1) is 26.0 Å². The summed E-state index contributed by atoms with van der Waals surface area (Å²) >= 11 is 0. The zero-order valence-electron chi connectivity index (χ0n) is 17.9. The molecule has 0 unspecified atom stereocenters. The summed E-state index contributed by atoms with van der Waals surface area (Å²) in [4.78, 5) is 30.3. The van der Waals surface area contributed by atoms with Crippen molar-refractivity contribution in [2.75, 3.05) is 51.4 Å². The van der Waals surface area contributed by atoms with Crippen LogP contribution in [0.1, 0.15) is 32.8 Å². The van der Waals surface area contributed by atoms with Crippen molar-refractivity contribution in [3.8, 4) is 5.75 Å². The highest BCUT2D eigenvalue weighted by Crippen LogP contribution is 2.33. The number of anilines is 1. The van der Waals surface area contributed by atoms with Gasteiger partial charge in [0.2, 0.25) is 5.91 Å². The summed E-state index contributed by atoms with van der Waals surface area (Å²) in [6.07, 6.45) is 1.09. The van der Waals surface area contributed by atoms with E-state index in [2.05, 4.69) is 4.90 Å². The van der Waals surface area contributed by atoms with Gasteiger partial charge in [0, 0.05) is 32.2 Å². The zero-order valence-corrected chi connectivity index (χ0v) is 17.9. The Kier molecular flexibility index (Phi) is 6.80. The molecule has 0 aliphatic carbocycles. The Bertz CT molecular complexity index is 737. The van der Waals surface area contributed by atoms with Crippen LogP contribution in [0.5, 0.6) is 5.75 Å². The Morgan fingerprint density at radius 1 is 1.21 bits per heavy atom. The van der Waals surface area contributed by atoms with E-state index < -0.39 is 17.5 Å². The minimum Gasteiger partial charge on any atom is -0.497 e. The molecule has 3 rings (SSSR count). The molecule has 1 aromatic carbocycles. The minimum atomic E-state index is -0.794. The van der Waals surface area contributed by atoms with Crippen molar-refractivity contribution < 1.29 is 23.8 Å². The third-order valence-corrected chi connectivity index (χ3v) is 5.28. The van der Waals surface area contributed by atoms with E-state index in [1.54, 1.807) is 12.0 Å². The summed E-state index contributed by atoms with van der Waals surface area (Å²) in [6, 6.07) is 5.78. The van der Waals surface area contributed by atoms with E-state index in [-0.39, 0.29) is 5.91 Å². The predicted octanol–water partition coefficient (Wildman–Crippen LogP) is 2.26. The first-order valence-electron chi connectivity index (χ1n) is 10.3. The van der Waals surface area contributed by atoms with Crippen molar-refractivity contribution in [1.29, 1.82) is 0 Å². The van der Waals surface area contributed by atoms with Crippen LogP contribution >= 0.6 is 0 Å². The van der Waals surface area contributed by atoms with Gasteiger partial charge in [-0.1, -0.05) is 6.07 Å². The lowest BCUT2D eigenvalue weighted by molar-refractivity contribution is -0.162. The van der Waals surface area contributed by atoms with E-state index in [0.29, 0.717) is 38.3 Å². The molecule has 160 valence electrons. The molecule has 0 radical (unpaired) electrons. The van der Waals surface area contributed by atoms with Crippen LogP contribution in [0.3, 0.4) is 0 Å². The number of aryl methyl sites for hydroxylation is 1. The molecule has 7 heteroatoms. The van der Waals surface area contributed by atoms with Crippen LogP contribution < -0.4 is 9.64 Å². The quantitative estimate of drug-likeness (QED) is 0.554. The van der Waals surface area contributed by atoms with Crippen LogP contribution in [-0.4, -0.2) is 68.9 Å². The number of ether oxygens (including phenoxy) is 3. The highest BCUT2D eigenvalue weighted by atomic mass is 16.6. The first-order valence-corrected chi connectivity index (χ1v) is 10.3. The fourth-order valence-corrected chi connectivity index (χ4v) is 3.75. The summed E-state index contributed by atoms with van der Waals surface area (Å²) in [5.74, 6) is -0.737. The van der Waals surface area contributed by atoms with Gasteiger partial charge in [0.1, 0.15) is 17.3 Å². The number of nitrogens with zero attached hydrogens (tertiary/aromatic N) is 2. The van der Waals surface area contributed by atoms with Crippen LogP contribution in [-0.2, 0) is 25.5 Å². The second kappa shape index (κ2) is 9.13. The fourth-order valence-electron chi connectivity index (χ4n) is 3.75. The summed E-state index contributed by atoms with van der Waals surface area (Å²) in [6.45, 7) is 9.82. The van der Waals surface area contributed by atoms with Gasteiger partial charge in [-0.2, -0.15) is 0 Å². The van der Waals surface area contributed by atoms with Crippen LogP contribution in [0.4, 0.5) is 5.69 Å². The van der Waals surface area contributed by atoms with Crippen molar-refractivity contribution in [3.63, 3.8) is 0 Å². The third kappa shape index (κ3) is 5.48. The summed E-state index contributed by atoms with van der Waals surface area (Å²) < 4.78 is 16.3. The molecular weight excluding hydrogens is 372 g/mol. The van der Waals surface area contributed by atoms with E-state index in [0.717, 1.165) is 30.9 Å². The first-order chi connectivity index (χ1) is 13.8. The number of hydrogen-bond acceptors (Lipinski definition) is 6. The second-order valence-electron chi connectivity index (χ2n) is 8.56. The lowest BCUT2D eigenvalue weighted by atomic mass is 10.00. The van der Waals surface area contributed by atoms with Gasteiger partial charge in [-0.25, -0.2) is 0 Å². The van der Waals surface area contributed by atoms with Crippen molar-refractivity contribution in [3.05, 3.63) is 23.8 Å². The van der Waals surface area contributed by atoms with E-state index >= 15 is 0 Å². The largest absolute Gasteiger partial charge is 0.497 e. The Balaban J connectivity index is 1.86. The van der Waals surface area contributed by atoms with Crippen LogP contribution in [0.15, 0.2) is 18.2 Å². The van der Waals surface area contributed by atoms with Crippen molar-refractivity contribution in [1.82, 2.24) is 4.90 Å². The van der Waals surface area contributed by atoms with Gasteiger partial charge in [-0.3, -0.25) is 14.5 Å². The standard InChI is InChI=1S/C22H32N2O5/c1-22(2,3)29-21(26)18-8-6-16-5-7-17(27-4)15-19(16)24(20(18)25)10-9-23-11-13-28-14-12-23/h5,7,15,18H,6,8-14H2,1-4H3/t18-/m1/s1. The van der Waals surface area contributed by atoms with E-state index in [9.17, 15) is 9.59 Å². The number of rotatable bonds is 5. The molecule has 29 heavy (non-hydrogen) atoms. The molecule has 0 aromatic heterocycles. The molecule has 1 atom stereocenters. The molecule has 2 aliphatic rings. The number of hydrogen-bond donors (Lipinski definition) is 0. The normalized spacial score (nSPS) is 20.8. The van der Waals surface area contributed by atoms with Crippen LogP contribution in [0, 0.1) is 5.92 Å². The van der Waals surface area contributed by atoms with Gasteiger partial charge in [0.25, 0.3) is 0 Å². The predicted molar refractivity (Wildman–Crippen MR) is 110 cm³/mol. The molecular formula is C22H32N2O5. The van der Waals surface area contributed by atoms with Gasteiger partial charge < -0.3 is 19.1 Å². The van der Waals surface area contributed by atoms with E-state index in [1.807, 2.05) is 39.0 Å². The molecule has 7 nitrogen and oxygen atoms in total. The first kappa shape index (κ1) is 21.6. The van der Waals surface area contributed by atoms with Gasteiger partial charge >= 0.3 is 5.97 Å². The molecule has 0 bridgehead atoms. The summed E-state index contributed by atoms with van der Waals surface area (Å²) in [7, 11) is 1.61. The highest BCUT2D eigenvalue weighted by molar-refractivity contribution is 6.07. The molecule has 1 fully saturated rings. The Morgan fingerprint density at radius 3 is 2.59 bits per heavy atom. The number of morpholine rings is 1. The number of amides is 1. The highest BCUT2D eigenvalue weighted by Gasteiger charge is 2.37. The van der Waals surface area contributed by atoms with Crippen LogP contribution in [0.2, 0.25) is 0 Å². The Hall–Kier alpha value is -2.12. The lowest BCUT2D eigenvalue weighted by Crippen LogP contribution is -2.46. The van der Waals surface area contributed by atoms with E-state index in [4.69, 9.17) is 14.2 Å². The van der Waals surface area contributed by atoms with Crippen molar-refractivity contribution in [2.24, 2.45) is 5.92 Å². The second-order valence-corrected chi connectivity index (χ2v) is 8.56. The van der Waals surface area contributed by atoms with Crippen LogP contribution in [0.25, 0.3) is 0 Å². The van der Waals surface area contributed by atoms with Crippen molar-refractivity contribution >= 4 is 17.6 Å². The number of esters is 1. The topological polar surface area (TPSA) is 68.3 Å². The zero-order chi connectivity index (χ0) is 21.0. The van der Waals surface area contributed by atoms with Crippen molar-refractivity contribution in [2.45, 2.75) is 39.2 Å². The molecule has 0 N–H and O–H groups in total. The fraction of sp³-hybridized carbons (Fsp3) is 0.636. The maximum absolute atomic E-state index is 13.4. The number of carbonyl (C=O) groups is 2. The molecule has 1 aromatic rings. The minimum absolute atomic E-state index is 0.195. The molecule has 0 saturated carbocycles. The monoisotopic (exact) mass is 404 g/mol. The summed E-state index contributed by atoms with van der Waals surface area (Å²) in [5, 5.41) is 0. The molecule has 2 heterocycles. The Labute approximate surface area is 172 Å². The lowest BCUT2D eigenvalue weighted by Gasteiger charge is -2.31. The van der Waals surface area contributed by atoms with Gasteiger partial charge in [-0.05, 0) is 45.2 Å². The van der Waals surface area contributed by atoms with E-state index in [1.165, 1.54) is 0 Å². The number of methoxy groups -OCH3 is 1. The summed E-state index contributed by atoms with van der Waals surface area (Å²) in [5.41, 5.74) is 1.25. The SMILES string of the molecule is COc1ccc2c(c1)N(CCN1CCOCC1)C(=O)[C@H](C(=O)OC(C)(C)C)CC2. The molecule has 2 aliphatic heterocycles. The van der Waals surface area contributed by atoms with Gasteiger partial charge in [0.15, 0.2) is 0 Å². The third-order valence-electron chi connectivity index (χ3n) is 5.28.